The van der Waals surface area contributed by atoms with Crippen LogP contribution in [0.25, 0.3) is 0 Å². The smallest absolute Gasteiger partial charge is 0.128 e. The number of benzene rings is 2. The monoisotopic (exact) mass is 292 g/mol. The second-order valence-electron chi connectivity index (χ2n) is 3.64. The minimum Gasteiger partial charge on any atom is -0.457 e. The molecule has 0 aliphatic heterocycles. The van der Waals surface area contributed by atoms with Crippen LogP contribution in [0, 0.1) is 0 Å². The van der Waals surface area contributed by atoms with Crippen LogP contribution in [0.2, 0.25) is 0 Å². The molecule has 2 rings (SSSR count). The van der Waals surface area contributed by atoms with Crippen LogP contribution in [0.4, 0.5) is 0 Å². The highest BCUT2D eigenvalue weighted by atomic mass is 79.9. The second-order valence-corrected chi connectivity index (χ2v) is 4.50. The Balaban J connectivity index is 2.15. The van der Waals surface area contributed by atoms with E-state index in [4.69, 9.17) is 9.84 Å². The molecule has 2 nitrogen and oxygen atoms in total. The van der Waals surface area contributed by atoms with Crippen LogP contribution >= 0.6 is 15.9 Å². The molecule has 1 N–H and O–H groups in total. The van der Waals surface area contributed by atoms with Gasteiger partial charge in [-0.15, -0.1) is 0 Å². The standard InChI is InChI=1S/C14H13BrO2/c15-14-10-13(7-6-11(14)8-9-16)17-12-4-2-1-3-5-12/h1-7,10,16H,8-9H2. The van der Waals surface area contributed by atoms with Gasteiger partial charge in [0.25, 0.3) is 0 Å². The Kier molecular flexibility index (Phi) is 4.18. The number of rotatable bonds is 4. The number of halogens is 1. The van der Waals surface area contributed by atoms with Crippen molar-refractivity contribution in [2.24, 2.45) is 0 Å². The molecular weight excluding hydrogens is 280 g/mol. The van der Waals surface area contributed by atoms with E-state index in [1.165, 1.54) is 0 Å². The molecule has 2 aromatic rings. The SMILES string of the molecule is OCCc1ccc(Oc2ccccc2)cc1Br. The van der Waals surface area contributed by atoms with Gasteiger partial charge < -0.3 is 9.84 Å². The Morgan fingerprint density at radius 2 is 1.76 bits per heavy atom. The molecule has 3 heteroatoms. The van der Waals surface area contributed by atoms with Gasteiger partial charge in [0.05, 0.1) is 0 Å². The van der Waals surface area contributed by atoms with Crippen molar-refractivity contribution in [1.82, 2.24) is 0 Å². The lowest BCUT2D eigenvalue weighted by atomic mass is 10.1. The Morgan fingerprint density at radius 1 is 1.00 bits per heavy atom. The highest BCUT2D eigenvalue weighted by Gasteiger charge is 2.02. The summed E-state index contributed by atoms with van der Waals surface area (Å²) in [6.07, 6.45) is 0.645. The van der Waals surface area contributed by atoms with Gasteiger partial charge in [0.2, 0.25) is 0 Å². The lowest BCUT2D eigenvalue weighted by Crippen LogP contribution is -1.92. The van der Waals surface area contributed by atoms with Gasteiger partial charge in [0, 0.05) is 11.1 Å². The van der Waals surface area contributed by atoms with Crippen LogP contribution in [0.3, 0.4) is 0 Å². The first-order valence-corrected chi connectivity index (χ1v) is 6.21. The van der Waals surface area contributed by atoms with Crippen molar-refractivity contribution in [2.75, 3.05) is 6.61 Å². The topological polar surface area (TPSA) is 29.5 Å². The summed E-state index contributed by atoms with van der Waals surface area (Å²) in [5.74, 6) is 1.60. The van der Waals surface area contributed by atoms with Gasteiger partial charge in [0.1, 0.15) is 11.5 Å². The fourth-order valence-corrected chi connectivity index (χ4v) is 2.10. The predicted octanol–water partition coefficient (Wildman–Crippen LogP) is 3.78. The van der Waals surface area contributed by atoms with Crippen molar-refractivity contribution in [2.45, 2.75) is 6.42 Å². The van der Waals surface area contributed by atoms with Crippen molar-refractivity contribution in [1.29, 1.82) is 0 Å². The van der Waals surface area contributed by atoms with Gasteiger partial charge in [-0.1, -0.05) is 40.2 Å². The highest BCUT2D eigenvalue weighted by molar-refractivity contribution is 9.10. The maximum atomic E-state index is 8.90. The first kappa shape index (κ1) is 12.1. The quantitative estimate of drug-likeness (QED) is 0.929. The Labute approximate surface area is 109 Å². The first-order valence-electron chi connectivity index (χ1n) is 5.42. The average molecular weight is 293 g/mol. The van der Waals surface area contributed by atoms with Crippen molar-refractivity contribution < 1.29 is 9.84 Å². The van der Waals surface area contributed by atoms with Crippen molar-refractivity contribution in [3.05, 3.63) is 58.6 Å². The van der Waals surface area contributed by atoms with E-state index in [1.807, 2.05) is 48.5 Å². The zero-order chi connectivity index (χ0) is 12.1. The van der Waals surface area contributed by atoms with Crippen LogP contribution in [0.1, 0.15) is 5.56 Å². The van der Waals surface area contributed by atoms with Gasteiger partial charge >= 0.3 is 0 Å². The van der Waals surface area contributed by atoms with E-state index in [2.05, 4.69) is 15.9 Å². The molecule has 0 aliphatic rings. The zero-order valence-corrected chi connectivity index (χ0v) is 10.9. The molecule has 0 heterocycles. The molecule has 0 radical (unpaired) electrons. The third kappa shape index (κ3) is 3.32. The Hall–Kier alpha value is -1.32. The highest BCUT2D eigenvalue weighted by Crippen LogP contribution is 2.27. The van der Waals surface area contributed by atoms with E-state index in [0.29, 0.717) is 6.42 Å². The van der Waals surface area contributed by atoms with E-state index in [0.717, 1.165) is 21.5 Å². The third-order valence-corrected chi connectivity index (χ3v) is 3.12. The largest absolute Gasteiger partial charge is 0.457 e. The number of hydrogen-bond donors (Lipinski definition) is 1. The summed E-state index contributed by atoms with van der Waals surface area (Å²) in [5.41, 5.74) is 1.08. The van der Waals surface area contributed by atoms with Crippen LogP contribution in [-0.2, 0) is 6.42 Å². The van der Waals surface area contributed by atoms with Crippen LogP contribution in [-0.4, -0.2) is 11.7 Å². The van der Waals surface area contributed by atoms with Gasteiger partial charge in [-0.05, 0) is 36.2 Å². The first-order chi connectivity index (χ1) is 8.29. The molecule has 0 fully saturated rings. The van der Waals surface area contributed by atoms with Gasteiger partial charge in [-0.3, -0.25) is 0 Å². The number of aliphatic hydroxyl groups excluding tert-OH is 1. The molecule has 0 aliphatic carbocycles. The Bertz CT molecular complexity index is 483. The van der Waals surface area contributed by atoms with E-state index in [-0.39, 0.29) is 6.61 Å². The summed E-state index contributed by atoms with van der Waals surface area (Å²) in [5, 5.41) is 8.90. The number of para-hydroxylation sites is 1. The van der Waals surface area contributed by atoms with E-state index >= 15 is 0 Å². The fraction of sp³-hybridized carbons (Fsp3) is 0.143. The molecule has 17 heavy (non-hydrogen) atoms. The van der Waals surface area contributed by atoms with E-state index in [9.17, 15) is 0 Å². The van der Waals surface area contributed by atoms with Crippen molar-refractivity contribution in [3.63, 3.8) is 0 Å². The molecule has 0 saturated carbocycles. The maximum Gasteiger partial charge on any atom is 0.128 e. The van der Waals surface area contributed by atoms with Gasteiger partial charge in [-0.2, -0.15) is 0 Å². The Morgan fingerprint density at radius 3 is 2.41 bits per heavy atom. The minimum atomic E-state index is 0.150. The lowest BCUT2D eigenvalue weighted by Gasteiger charge is -2.08. The normalized spacial score (nSPS) is 10.2. The molecule has 88 valence electrons. The molecule has 0 atom stereocenters. The molecule has 0 bridgehead atoms. The molecular formula is C14H13BrO2. The number of aliphatic hydroxyl groups is 1. The third-order valence-electron chi connectivity index (χ3n) is 2.38. The van der Waals surface area contributed by atoms with Crippen LogP contribution < -0.4 is 4.74 Å². The maximum absolute atomic E-state index is 8.90. The minimum absolute atomic E-state index is 0.150. The summed E-state index contributed by atoms with van der Waals surface area (Å²) < 4.78 is 6.66. The summed E-state index contributed by atoms with van der Waals surface area (Å²) in [6, 6.07) is 15.4. The zero-order valence-electron chi connectivity index (χ0n) is 9.27. The fourth-order valence-electron chi connectivity index (χ4n) is 1.54. The molecule has 0 aromatic heterocycles. The van der Waals surface area contributed by atoms with Crippen molar-refractivity contribution >= 4 is 15.9 Å². The average Bonchev–Trinajstić information content (AvgIpc) is 2.34. The second kappa shape index (κ2) is 5.84. The van der Waals surface area contributed by atoms with Gasteiger partial charge in [-0.25, -0.2) is 0 Å². The summed E-state index contributed by atoms with van der Waals surface area (Å²) in [4.78, 5) is 0. The van der Waals surface area contributed by atoms with Gasteiger partial charge in [0.15, 0.2) is 0 Å². The summed E-state index contributed by atoms with van der Waals surface area (Å²) >= 11 is 3.47. The predicted molar refractivity (Wildman–Crippen MR) is 71.4 cm³/mol. The summed E-state index contributed by atoms with van der Waals surface area (Å²) in [6.45, 7) is 0.150. The van der Waals surface area contributed by atoms with E-state index in [1.54, 1.807) is 0 Å². The molecule has 0 saturated heterocycles. The van der Waals surface area contributed by atoms with E-state index < -0.39 is 0 Å². The molecule has 0 spiro atoms. The number of ether oxygens (including phenoxy) is 1. The number of hydrogen-bond acceptors (Lipinski definition) is 2. The molecule has 2 aromatic carbocycles. The molecule has 0 unspecified atom stereocenters. The molecule has 0 amide bonds. The summed E-state index contributed by atoms with van der Waals surface area (Å²) in [7, 11) is 0. The van der Waals surface area contributed by atoms with Crippen molar-refractivity contribution in [3.8, 4) is 11.5 Å². The van der Waals surface area contributed by atoms with Crippen LogP contribution in [0.5, 0.6) is 11.5 Å². The lowest BCUT2D eigenvalue weighted by molar-refractivity contribution is 0.299. The van der Waals surface area contributed by atoms with Crippen LogP contribution in [0.15, 0.2) is 53.0 Å².